The highest BCUT2D eigenvalue weighted by Gasteiger charge is 2.24. The third kappa shape index (κ3) is 1.47. The minimum absolute atomic E-state index is 0.568. The van der Waals surface area contributed by atoms with Crippen molar-refractivity contribution in [3.63, 3.8) is 0 Å². The second-order valence-corrected chi connectivity index (χ2v) is 5.43. The Morgan fingerprint density at radius 1 is 1.44 bits per heavy atom. The zero-order valence-corrected chi connectivity index (χ0v) is 10.2. The fraction of sp³-hybridized carbons (Fsp3) is 0.455. The number of likely N-dealkylation sites (N-methyl/N-ethyl adjacent to an activating group) is 1. The standard InChI is InChI=1S/C11H14N4S/c1-7-3-9-10(13-6-14-11(9)16-7)15(2)8-4-12-5-8/h3,6,8,12H,4-5H2,1-2H3. The summed E-state index contributed by atoms with van der Waals surface area (Å²) < 4.78 is 0. The minimum atomic E-state index is 0.568. The van der Waals surface area contributed by atoms with Crippen LogP contribution in [-0.2, 0) is 0 Å². The third-order valence-corrected chi connectivity index (χ3v) is 4.03. The van der Waals surface area contributed by atoms with Gasteiger partial charge in [0.15, 0.2) is 0 Å². The van der Waals surface area contributed by atoms with Crippen LogP contribution in [0.2, 0.25) is 0 Å². The number of hydrogen-bond acceptors (Lipinski definition) is 5. The van der Waals surface area contributed by atoms with Gasteiger partial charge in [0, 0.05) is 25.0 Å². The zero-order chi connectivity index (χ0) is 11.1. The van der Waals surface area contributed by atoms with Gasteiger partial charge in [-0.2, -0.15) is 0 Å². The lowest BCUT2D eigenvalue weighted by atomic mass is 10.1. The van der Waals surface area contributed by atoms with E-state index in [0.717, 1.165) is 23.7 Å². The van der Waals surface area contributed by atoms with Gasteiger partial charge in [0.05, 0.1) is 11.4 Å². The number of nitrogens with one attached hydrogen (secondary N) is 1. The first-order valence-electron chi connectivity index (χ1n) is 5.40. The first-order chi connectivity index (χ1) is 7.75. The number of aryl methyl sites for hydroxylation is 1. The van der Waals surface area contributed by atoms with E-state index in [1.54, 1.807) is 17.7 Å². The second-order valence-electron chi connectivity index (χ2n) is 4.20. The van der Waals surface area contributed by atoms with Crippen LogP contribution >= 0.6 is 11.3 Å². The smallest absolute Gasteiger partial charge is 0.140 e. The Morgan fingerprint density at radius 2 is 2.25 bits per heavy atom. The molecular formula is C11H14N4S. The molecule has 1 fully saturated rings. The fourth-order valence-corrected chi connectivity index (χ4v) is 2.81. The number of hydrogen-bond donors (Lipinski definition) is 1. The molecule has 0 aromatic carbocycles. The molecule has 0 unspecified atom stereocenters. The van der Waals surface area contributed by atoms with Gasteiger partial charge in [-0.05, 0) is 13.0 Å². The lowest BCUT2D eigenvalue weighted by molar-refractivity contribution is 0.427. The number of fused-ring (bicyclic) bond motifs is 1. The largest absolute Gasteiger partial charge is 0.353 e. The van der Waals surface area contributed by atoms with Gasteiger partial charge >= 0.3 is 0 Å². The normalized spacial score (nSPS) is 16.4. The molecule has 0 radical (unpaired) electrons. The monoisotopic (exact) mass is 234 g/mol. The first-order valence-corrected chi connectivity index (χ1v) is 6.22. The third-order valence-electron chi connectivity index (χ3n) is 3.07. The van der Waals surface area contributed by atoms with Gasteiger partial charge in [0.25, 0.3) is 0 Å². The van der Waals surface area contributed by atoms with Crippen LogP contribution in [0.15, 0.2) is 12.4 Å². The summed E-state index contributed by atoms with van der Waals surface area (Å²) in [5, 5.41) is 4.46. The van der Waals surface area contributed by atoms with Gasteiger partial charge in [-0.25, -0.2) is 9.97 Å². The molecule has 5 heteroatoms. The molecule has 0 saturated carbocycles. The molecule has 2 aromatic heterocycles. The average Bonchev–Trinajstić information content (AvgIpc) is 2.54. The summed E-state index contributed by atoms with van der Waals surface area (Å²) in [6, 6.07) is 2.75. The Bertz CT molecular complexity index is 518. The van der Waals surface area contributed by atoms with Crippen LogP contribution in [0, 0.1) is 6.92 Å². The molecule has 4 nitrogen and oxygen atoms in total. The van der Waals surface area contributed by atoms with E-state index < -0.39 is 0 Å². The molecule has 0 spiro atoms. The molecule has 1 saturated heterocycles. The van der Waals surface area contributed by atoms with Crippen LogP contribution < -0.4 is 10.2 Å². The van der Waals surface area contributed by atoms with Gasteiger partial charge in [0.2, 0.25) is 0 Å². The van der Waals surface area contributed by atoms with Crippen LogP contribution in [0.25, 0.3) is 10.2 Å². The molecule has 84 valence electrons. The highest BCUT2D eigenvalue weighted by molar-refractivity contribution is 7.18. The van der Waals surface area contributed by atoms with Crippen LogP contribution in [0.3, 0.4) is 0 Å². The molecule has 2 aromatic rings. The van der Waals surface area contributed by atoms with Crippen LogP contribution in [0.1, 0.15) is 4.88 Å². The summed E-state index contributed by atoms with van der Waals surface area (Å²) in [5.74, 6) is 1.06. The summed E-state index contributed by atoms with van der Waals surface area (Å²) in [7, 11) is 2.11. The van der Waals surface area contributed by atoms with Crippen molar-refractivity contribution in [2.75, 3.05) is 25.0 Å². The highest BCUT2D eigenvalue weighted by atomic mass is 32.1. The van der Waals surface area contributed by atoms with Crippen LogP contribution in [0.4, 0.5) is 5.82 Å². The Labute approximate surface area is 98.3 Å². The first kappa shape index (κ1) is 9.99. The number of nitrogens with zero attached hydrogens (tertiary/aromatic N) is 3. The van der Waals surface area contributed by atoms with E-state index in [2.05, 4.69) is 40.2 Å². The Hall–Kier alpha value is -1.20. The quantitative estimate of drug-likeness (QED) is 0.853. The van der Waals surface area contributed by atoms with Gasteiger partial charge in [-0.1, -0.05) is 0 Å². The lowest BCUT2D eigenvalue weighted by Crippen LogP contribution is -2.56. The molecule has 1 aliphatic rings. The van der Waals surface area contributed by atoms with Crippen LogP contribution in [-0.4, -0.2) is 36.1 Å². The summed E-state index contributed by atoms with van der Waals surface area (Å²) in [6.45, 7) is 4.21. The Morgan fingerprint density at radius 3 is 2.94 bits per heavy atom. The number of anilines is 1. The molecule has 1 N–H and O–H groups in total. The lowest BCUT2D eigenvalue weighted by Gasteiger charge is -2.36. The maximum atomic E-state index is 4.42. The van der Waals surface area contributed by atoms with E-state index in [1.165, 1.54) is 10.3 Å². The highest BCUT2D eigenvalue weighted by Crippen LogP contribution is 2.30. The van der Waals surface area contributed by atoms with Gasteiger partial charge in [0.1, 0.15) is 17.0 Å². The average molecular weight is 234 g/mol. The molecule has 0 amide bonds. The zero-order valence-electron chi connectivity index (χ0n) is 9.40. The topological polar surface area (TPSA) is 41.0 Å². The van der Waals surface area contributed by atoms with Crippen molar-refractivity contribution in [2.45, 2.75) is 13.0 Å². The molecule has 0 bridgehead atoms. The fourth-order valence-electron chi connectivity index (χ4n) is 1.96. The van der Waals surface area contributed by atoms with Gasteiger partial charge in [-0.15, -0.1) is 11.3 Å². The van der Waals surface area contributed by atoms with Crippen molar-refractivity contribution < 1.29 is 0 Å². The van der Waals surface area contributed by atoms with Crippen molar-refractivity contribution in [3.8, 4) is 0 Å². The SMILES string of the molecule is Cc1cc2c(N(C)C3CNC3)ncnc2s1. The number of rotatable bonds is 2. The second kappa shape index (κ2) is 3.68. The van der Waals surface area contributed by atoms with Crippen molar-refractivity contribution in [1.29, 1.82) is 0 Å². The summed E-state index contributed by atoms with van der Waals surface area (Å²) in [5.41, 5.74) is 0. The molecule has 0 atom stereocenters. The minimum Gasteiger partial charge on any atom is -0.353 e. The predicted molar refractivity (Wildman–Crippen MR) is 67.2 cm³/mol. The van der Waals surface area contributed by atoms with E-state index in [9.17, 15) is 0 Å². The maximum absolute atomic E-state index is 4.42. The number of thiophene rings is 1. The summed E-state index contributed by atoms with van der Waals surface area (Å²) in [6.07, 6.45) is 1.66. The molecule has 1 aliphatic heterocycles. The Balaban J connectivity index is 2.07. The number of aromatic nitrogens is 2. The molecule has 3 rings (SSSR count). The van der Waals surface area contributed by atoms with E-state index in [0.29, 0.717) is 6.04 Å². The predicted octanol–water partition coefficient (Wildman–Crippen LogP) is 1.41. The van der Waals surface area contributed by atoms with E-state index >= 15 is 0 Å². The molecular weight excluding hydrogens is 220 g/mol. The van der Waals surface area contributed by atoms with Crippen molar-refractivity contribution in [1.82, 2.24) is 15.3 Å². The van der Waals surface area contributed by atoms with Gasteiger partial charge in [-0.3, -0.25) is 0 Å². The molecule has 16 heavy (non-hydrogen) atoms. The van der Waals surface area contributed by atoms with Gasteiger partial charge < -0.3 is 10.2 Å². The summed E-state index contributed by atoms with van der Waals surface area (Å²) >= 11 is 1.73. The Kier molecular flexibility index (Phi) is 2.29. The van der Waals surface area contributed by atoms with E-state index in [1.807, 2.05) is 0 Å². The molecule has 3 heterocycles. The molecule has 0 aliphatic carbocycles. The summed E-state index contributed by atoms with van der Waals surface area (Å²) in [4.78, 5) is 13.4. The van der Waals surface area contributed by atoms with Crippen LogP contribution in [0.5, 0.6) is 0 Å². The van der Waals surface area contributed by atoms with Crippen molar-refractivity contribution in [3.05, 3.63) is 17.3 Å². The van der Waals surface area contributed by atoms with E-state index in [4.69, 9.17) is 0 Å². The van der Waals surface area contributed by atoms with Crippen molar-refractivity contribution in [2.24, 2.45) is 0 Å². The maximum Gasteiger partial charge on any atom is 0.140 e. The van der Waals surface area contributed by atoms with E-state index in [-0.39, 0.29) is 0 Å². The van der Waals surface area contributed by atoms with Crippen molar-refractivity contribution >= 4 is 27.4 Å².